The smallest absolute Gasteiger partial charge is 0.198 e. The van der Waals surface area contributed by atoms with Crippen molar-refractivity contribution < 1.29 is 0 Å². The Morgan fingerprint density at radius 1 is 0.745 bits per heavy atom. The number of hydrogen-bond acceptors (Lipinski definition) is 3. The molecule has 9 rings (SSSR count). The molecule has 8 aromatic rings. The van der Waals surface area contributed by atoms with Gasteiger partial charge in [0.2, 0.25) is 0 Å². The molecule has 1 aliphatic rings. The molecule has 1 N–H and O–H groups in total. The minimum atomic E-state index is 0.970. The van der Waals surface area contributed by atoms with Gasteiger partial charge in [0.1, 0.15) is 5.82 Å². The summed E-state index contributed by atoms with van der Waals surface area (Å²) in [4.78, 5) is 7.26. The van der Waals surface area contributed by atoms with Gasteiger partial charge in [-0.25, -0.2) is 4.98 Å². The van der Waals surface area contributed by atoms with Crippen LogP contribution in [0.25, 0.3) is 61.0 Å². The van der Waals surface area contributed by atoms with Crippen molar-refractivity contribution in [1.29, 1.82) is 0 Å². The van der Waals surface area contributed by atoms with Gasteiger partial charge in [0.25, 0.3) is 0 Å². The predicted molar refractivity (Wildman–Crippen MR) is 200 cm³/mol. The van der Waals surface area contributed by atoms with Gasteiger partial charge < -0.3 is 19.4 Å². The molecule has 3 heterocycles. The number of aromatic nitrogens is 3. The van der Waals surface area contributed by atoms with Gasteiger partial charge in [0.15, 0.2) is 7.28 Å². The molecule has 47 heavy (non-hydrogen) atoms. The van der Waals surface area contributed by atoms with Crippen molar-refractivity contribution in [2.24, 2.45) is 7.05 Å². The molecule has 0 unspecified atom stereocenters. The Kier molecular flexibility index (Phi) is 6.09. The van der Waals surface area contributed by atoms with E-state index in [9.17, 15) is 0 Å². The second-order valence-corrected chi connectivity index (χ2v) is 12.7. The van der Waals surface area contributed by atoms with E-state index in [1.807, 2.05) is 6.07 Å². The van der Waals surface area contributed by atoms with Crippen molar-refractivity contribution in [1.82, 2.24) is 14.1 Å². The van der Waals surface area contributed by atoms with E-state index >= 15 is 0 Å². The van der Waals surface area contributed by atoms with E-state index in [0.717, 1.165) is 33.8 Å². The Hall–Kier alpha value is -5.75. The van der Waals surface area contributed by atoms with Gasteiger partial charge >= 0.3 is 0 Å². The number of para-hydroxylation sites is 2. The van der Waals surface area contributed by atoms with Crippen LogP contribution in [0.3, 0.4) is 0 Å². The standard InChI is InChI=1S/C41H33BN5/c1-25-22-31(29-14-8-10-16-33(29)43-27-18-20-28(21-19-27)45(2)3)39-40-38(25)30-15-9-11-17-35(30)47(40)36-24-37-34(23-32(36)42-39)44-41(46(37)4)26-12-6-5-7-13-26/h5-24,43H,1-4H3. The van der Waals surface area contributed by atoms with Crippen molar-refractivity contribution >= 4 is 68.1 Å². The second-order valence-electron chi connectivity index (χ2n) is 12.7. The van der Waals surface area contributed by atoms with E-state index in [2.05, 4.69) is 170 Å². The lowest BCUT2D eigenvalue weighted by molar-refractivity contribution is 0.958. The summed E-state index contributed by atoms with van der Waals surface area (Å²) in [6.07, 6.45) is 0. The van der Waals surface area contributed by atoms with E-state index in [-0.39, 0.29) is 0 Å². The fourth-order valence-electron chi connectivity index (χ4n) is 7.39. The highest BCUT2D eigenvalue weighted by atomic mass is 15.1. The van der Waals surface area contributed by atoms with Gasteiger partial charge in [-0.15, -0.1) is 0 Å². The van der Waals surface area contributed by atoms with Crippen molar-refractivity contribution in [2.75, 3.05) is 24.3 Å². The molecule has 0 fully saturated rings. The Labute approximate surface area is 275 Å². The molecule has 0 spiro atoms. The third kappa shape index (κ3) is 4.21. The first-order valence-corrected chi connectivity index (χ1v) is 16.1. The summed E-state index contributed by atoms with van der Waals surface area (Å²) in [6.45, 7) is 2.25. The van der Waals surface area contributed by atoms with Crippen LogP contribution in [0.15, 0.2) is 121 Å². The number of rotatable bonds is 5. The maximum atomic E-state index is 5.14. The molecule has 225 valence electrons. The molecular formula is C41H33BN5. The van der Waals surface area contributed by atoms with Crippen LogP contribution in [0, 0.1) is 6.92 Å². The van der Waals surface area contributed by atoms with Crippen molar-refractivity contribution in [3.63, 3.8) is 0 Å². The first kappa shape index (κ1) is 27.6. The molecule has 1 radical (unpaired) electrons. The quantitative estimate of drug-likeness (QED) is 0.201. The van der Waals surface area contributed by atoms with Crippen LogP contribution in [0.4, 0.5) is 17.1 Å². The zero-order chi connectivity index (χ0) is 31.8. The highest BCUT2D eigenvalue weighted by molar-refractivity contribution is 6.73. The first-order chi connectivity index (χ1) is 23.0. The fraction of sp³-hybridized carbons (Fsp3) is 0.0976. The number of nitrogens with zero attached hydrogens (tertiary/aromatic N) is 4. The summed E-state index contributed by atoms with van der Waals surface area (Å²) in [6, 6.07) is 43.5. The summed E-state index contributed by atoms with van der Waals surface area (Å²) in [7, 11) is 8.63. The third-order valence-electron chi connectivity index (χ3n) is 9.66. The Morgan fingerprint density at radius 3 is 2.30 bits per heavy atom. The molecule has 2 aromatic heterocycles. The number of fused-ring (bicyclic) bond motifs is 6. The molecule has 0 atom stereocenters. The minimum Gasteiger partial charge on any atom is -0.378 e. The maximum Gasteiger partial charge on any atom is 0.198 e. The van der Waals surface area contributed by atoms with Crippen LogP contribution in [0.2, 0.25) is 0 Å². The van der Waals surface area contributed by atoms with Crippen LogP contribution in [-0.2, 0) is 7.05 Å². The summed E-state index contributed by atoms with van der Waals surface area (Å²) in [5.41, 5.74) is 16.2. The molecule has 1 aliphatic heterocycles. The molecule has 0 saturated carbocycles. The zero-order valence-electron chi connectivity index (χ0n) is 26.9. The minimum absolute atomic E-state index is 0.970. The van der Waals surface area contributed by atoms with Gasteiger partial charge in [-0.3, -0.25) is 0 Å². The van der Waals surface area contributed by atoms with E-state index in [1.165, 1.54) is 60.8 Å². The average Bonchev–Trinajstić information content (AvgIpc) is 3.62. The number of imidazole rings is 1. The van der Waals surface area contributed by atoms with Gasteiger partial charge in [-0.2, -0.15) is 0 Å². The summed E-state index contributed by atoms with van der Waals surface area (Å²) < 4.78 is 4.70. The van der Waals surface area contributed by atoms with Crippen LogP contribution in [0.5, 0.6) is 0 Å². The summed E-state index contributed by atoms with van der Waals surface area (Å²) in [5, 5.41) is 6.31. The summed E-state index contributed by atoms with van der Waals surface area (Å²) in [5.74, 6) is 0.970. The van der Waals surface area contributed by atoms with Crippen molar-refractivity contribution in [3.05, 3.63) is 127 Å². The molecule has 6 aromatic carbocycles. The Balaban J connectivity index is 1.27. The maximum absolute atomic E-state index is 5.14. The monoisotopic (exact) mass is 606 g/mol. The number of aryl methyl sites for hydroxylation is 2. The third-order valence-corrected chi connectivity index (χ3v) is 9.66. The lowest BCUT2D eigenvalue weighted by Crippen LogP contribution is -2.37. The number of anilines is 3. The lowest BCUT2D eigenvalue weighted by atomic mass is 9.58. The van der Waals surface area contributed by atoms with Crippen LogP contribution >= 0.6 is 0 Å². The van der Waals surface area contributed by atoms with E-state index in [1.54, 1.807) is 0 Å². The van der Waals surface area contributed by atoms with Gasteiger partial charge in [-0.05, 0) is 72.0 Å². The number of hydrogen-bond donors (Lipinski definition) is 1. The zero-order valence-corrected chi connectivity index (χ0v) is 26.9. The second kappa shape index (κ2) is 10.4. The van der Waals surface area contributed by atoms with Crippen LogP contribution in [0.1, 0.15) is 5.56 Å². The largest absolute Gasteiger partial charge is 0.378 e. The molecule has 0 amide bonds. The van der Waals surface area contributed by atoms with Crippen LogP contribution in [-0.4, -0.2) is 35.5 Å². The van der Waals surface area contributed by atoms with Gasteiger partial charge in [-0.1, -0.05) is 78.3 Å². The van der Waals surface area contributed by atoms with E-state index in [0.29, 0.717) is 0 Å². The topological polar surface area (TPSA) is 38.0 Å². The number of benzene rings is 6. The predicted octanol–water partition coefficient (Wildman–Crippen LogP) is 8.09. The molecule has 6 heteroatoms. The molecular weight excluding hydrogens is 573 g/mol. The van der Waals surface area contributed by atoms with Gasteiger partial charge in [0.05, 0.1) is 16.6 Å². The van der Waals surface area contributed by atoms with Crippen molar-refractivity contribution in [2.45, 2.75) is 6.92 Å². The molecule has 0 saturated heterocycles. The molecule has 0 bridgehead atoms. The molecule has 0 aliphatic carbocycles. The Morgan fingerprint density at radius 2 is 1.49 bits per heavy atom. The van der Waals surface area contributed by atoms with E-state index < -0.39 is 0 Å². The van der Waals surface area contributed by atoms with Gasteiger partial charge in [0, 0.05) is 71.3 Å². The highest BCUT2D eigenvalue weighted by Crippen LogP contribution is 2.39. The average molecular weight is 607 g/mol. The van der Waals surface area contributed by atoms with Crippen LogP contribution < -0.4 is 21.1 Å². The lowest BCUT2D eigenvalue weighted by Gasteiger charge is -2.24. The number of nitrogens with one attached hydrogen (secondary N) is 1. The fourth-order valence-corrected chi connectivity index (χ4v) is 7.39. The Bertz CT molecular complexity index is 2510. The van der Waals surface area contributed by atoms with Crippen molar-refractivity contribution in [3.8, 4) is 28.2 Å². The van der Waals surface area contributed by atoms with E-state index in [4.69, 9.17) is 4.98 Å². The summed E-state index contributed by atoms with van der Waals surface area (Å²) >= 11 is 0. The first-order valence-electron chi connectivity index (χ1n) is 16.1. The SMILES string of the molecule is Cc1cc(-c2ccccc2Nc2ccc(N(C)C)cc2)c2c3c1c1ccccc1n3-c1cc3c(cc1[B]2)nc(-c1ccccc1)n3C. The normalized spacial score (nSPS) is 12.0. The highest BCUT2D eigenvalue weighted by Gasteiger charge is 2.28. The molecule has 5 nitrogen and oxygen atoms in total.